The van der Waals surface area contributed by atoms with Gasteiger partial charge < -0.3 is 42.0 Å². The van der Waals surface area contributed by atoms with E-state index in [1.807, 2.05) is 0 Å². The van der Waals surface area contributed by atoms with E-state index in [2.05, 4.69) is 546 Å². The number of rotatable bonds is 18. The third-order valence-electron chi connectivity index (χ3n) is 19.1. The number of halogens is 8. The maximum absolute atomic E-state index is 9.75. The molecule has 0 aliphatic heterocycles. The molecule has 22 heteroatoms. The summed E-state index contributed by atoms with van der Waals surface area (Å²) in [6.07, 6.45) is 0. The summed E-state index contributed by atoms with van der Waals surface area (Å²) < 4.78 is 78.0. The van der Waals surface area contributed by atoms with Crippen molar-refractivity contribution in [2.45, 2.75) is 0 Å². The average molecular weight is 2950 g/mol. The maximum atomic E-state index is 9.75. The molecule has 0 atom stereocenters. The van der Waals surface area contributed by atoms with Gasteiger partial charge in [-0.25, -0.2) is 0 Å². The second-order valence-corrected chi connectivity index (χ2v) is 42.7. The van der Waals surface area contributed by atoms with E-state index < -0.39 is 62.0 Å². The summed E-state index contributed by atoms with van der Waals surface area (Å²) in [4.78, 5) is 0. The molecule has 0 aliphatic carbocycles. The molecule has 131 heavy (non-hydrogen) atoms. The molecular formula is C109H99Au6B2F8P6+6. The Bertz CT molecular complexity index is 4350. The molecule has 0 unspecified atom stereocenters. The molecule has 687 valence electrons. The van der Waals surface area contributed by atoms with E-state index in [0.29, 0.717) is 0 Å². The van der Waals surface area contributed by atoms with Gasteiger partial charge in [0, 0.05) is 67.1 Å². The van der Waals surface area contributed by atoms with Crippen LogP contribution < -0.4 is 95.5 Å². The number of hydrogen-bond donors (Lipinski definition) is 0. The van der Waals surface area contributed by atoms with Crippen molar-refractivity contribution in [3.63, 3.8) is 0 Å². The summed E-state index contributed by atoms with van der Waals surface area (Å²) in [5.74, 6) is 0. The molecular weight excluding hydrogens is 2850 g/mol. The minimum Gasteiger partial charge on any atom is -0.418 e. The van der Waals surface area contributed by atoms with E-state index >= 15 is 0 Å². The van der Waals surface area contributed by atoms with Crippen molar-refractivity contribution < 1.29 is 169 Å². The standard InChI is InChI=1S/6C18H15P.CH3.6Au.2BF4/c6*1-4-10-16(11-5-1)19(17-12-6-2-7-13-17)18-14-8-3-9-15-18;;;;;;;;2*2-1(3,4)5/h6*1-15H;1H3;;;;;;;;/q;;;;;;-1;;;;3*+1;2*-1/p+6. The molecule has 0 aliphatic rings. The van der Waals surface area contributed by atoms with Gasteiger partial charge in [0.2, 0.25) is 0 Å². The fourth-order valence-corrected chi connectivity index (χ4v) is 29.4. The summed E-state index contributed by atoms with van der Waals surface area (Å²) >= 11 is 0. The quantitative estimate of drug-likeness (QED) is 0.0348. The van der Waals surface area contributed by atoms with E-state index in [1.54, 1.807) is 0 Å². The van der Waals surface area contributed by atoms with Gasteiger partial charge in [0.25, 0.3) is 0 Å². The minimum absolute atomic E-state index is 0. The van der Waals surface area contributed by atoms with Crippen molar-refractivity contribution in [3.05, 3.63) is 553 Å². The van der Waals surface area contributed by atoms with Crippen LogP contribution in [0.15, 0.2) is 546 Å². The van der Waals surface area contributed by atoms with Crippen LogP contribution in [0.25, 0.3) is 0 Å². The topological polar surface area (TPSA) is 0 Å². The molecule has 0 nitrogen and oxygen atoms in total. The van der Waals surface area contributed by atoms with Gasteiger partial charge in [0.1, 0.15) is 95.5 Å². The zero-order valence-corrected chi connectivity index (χ0v) is 89.9. The summed E-state index contributed by atoms with van der Waals surface area (Å²) in [5, 5.41) is 25.8. The zero-order valence-electron chi connectivity index (χ0n) is 70.9. The molecule has 0 spiro atoms. The van der Waals surface area contributed by atoms with E-state index in [0.717, 1.165) is 0 Å². The van der Waals surface area contributed by atoms with Gasteiger partial charge in [-0.3, -0.25) is 0 Å². The van der Waals surface area contributed by atoms with E-state index in [4.69, 9.17) is 0 Å². The second-order valence-electron chi connectivity index (χ2n) is 27.8. The second kappa shape index (κ2) is 65.3. The van der Waals surface area contributed by atoms with Crippen LogP contribution in [0.4, 0.5) is 34.5 Å². The van der Waals surface area contributed by atoms with Crippen LogP contribution in [0, 0.1) is 7.43 Å². The first-order valence-electron chi connectivity index (χ1n) is 40.6. The average Bonchev–Trinajstić information content (AvgIpc) is 0.850. The molecule has 0 fully saturated rings. The van der Waals surface area contributed by atoms with E-state index in [1.165, 1.54) is 95.5 Å². The van der Waals surface area contributed by atoms with Gasteiger partial charge in [0.05, 0.1) is 47.5 Å². The molecule has 18 aromatic rings. The van der Waals surface area contributed by atoms with Gasteiger partial charge in [-0.15, -0.1) is 0 Å². The monoisotopic (exact) mass is 2950 g/mol. The molecule has 18 rings (SSSR count). The molecule has 0 N–H and O–H groups in total. The summed E-state index contributed by atoms with van der Waals surface area (Å²) in [6, 6.07) is 195. The van der Waals surface area contributed by atoms with Crippen LogP contribution in [0.3, 0.4) is 0 Å². The largest absolute Gasteiger partial charge is 1.00 e. The third kappa shape index (κ3) is 40.9. The van der Waals surface area contributed by atoms with Gasteiger partial charge >= 0.3 is 81.6 Å². The summed E-state index contributed by atoms with van der Waals surface area (Å²) in [7, 11) is -17.3. The number of benzene rings is 18. The van der Waals surface area contributed by atoms with Crippen molar-refractivity contribution >= 4 is 158 Å². The predicted octanol–water partition coefficient (Wildman–Crippen LogP) is 22.1. The molecule has 0 heterocycles. The zero-order chi connectivity index (χ0) is 86.5. The van der Waals surface area contributed by atoms with Crippen LogP contribution in [0.5, 0.6) is 0 Å². The Kier molecular flexibility index (Phi) is 57.7. The SMILES string of the molecule is F[B-](F)(F)F.F[B-](F)(F)F.[Au+].[Au+].[Au+].[Au].[Au].[Au].[CH3-].c1ccc([PH+](c2ccccc2)c2ccccc2)cc1.c1ccc([PH+](c2ccccc2)c2ccccc2)cc1.c1ccc([PH+](c2ccccc2)c2ccccc2)cc1.c1ccc([PH+](c2ccccc2)c2ccccc2)cc1.c1ccc([PH+](c2ccccc2)c2ccccc2)cc1.c1ccc([PH+](c2ccccc2)c2ccccc2)cc1. The molecule has 0 bridgehead atoms. The van der Waals surface area contributed by atoms with Crippen LogP contribution >= 0.6 is 47.5 Å². The fourth-order valence-electron chi connectivity index (χ4n) is 13.9. The van der Waals surface area contributed by atoms with E-state index in [-0.39, 0.29) is 142 Å². The Morgan fingerprint density at radius 1 is 0.107 bits per heavy atom. The van der Waals surface area contributed by atoms with E-state index in [9.17, 15) is 34.5 Å². The van der Waals surface area contributed by atoms with Gasteiger partial charge in [-0.1, -0.05) is 328 Å². The van der Waals surface area contributed by atoms with Crippen LogP contribution in [-0.2, 0) is 134 Å². The van der Waals surface area contributed by atoms with Crippen molar-refractivity contribution in [1.29, 1.82) is 0 Å². The summed E-state index contributed by atoms with van der Waals surface area (Å²) in [6.45, 7) is 0. The van der Waals surface area contributed by atoms with Crippen LogP contribution in [-0.4, -0.2) is 14.5 Å². The van der Waals surface area contributed by atoms with Gasteiger partial charge in [-0.05, 0) is 218 Å². The van der Waals surface area contributed by atoms with Crippen molar-refractivity contribution in [2.24, 2.45) is 0 Å². The molecule has 0 amide bonds. The molecule has 0 saturated heterocycles. The molecule has 0 saturated carbocycles. The Balaban J connectivity index is 0.000000319. The van der Waals surface area contributed by atoms with Gasteiger partial charge in [0.15, 0.2) is 0 Å². The normalized spacial score (nSPS) is 10.1. The van der Waals surface area contributed by atoms with Crippen molar-refractivity contribution in [1.82, 2.24) is 0 Å². The molecule has 3 radical (unpaired) electrons. The summed E-state index contributed by atoms with van der Waals surface area (Å²) in [5.41, 5.74) is 0. The Labute approximate surface area is 870 Å². The maximum Gasteiger partial charge on any atom is 1.00 e. The minimum atomic E-state index is -6.00. The van der Waals surface area contributed by atoms with Crippen molar-refractivity contribution in [3.8, 4) is 0 Å². The predicted molar refractivity (Wildman–Crippen MR) is 546 cm³/mol. The Morgan fingerprint density at radius 2 is 0.145 bits per heavy atom. The van der Waals surface area contributed by atoms with Gasteiger partial charge in [-0.2, -0.15) is 0 Å². The first-order chi connectivity index (χ1) is 60.7. The van der Waals surface area contributed by atoms with Crippen molar-refractivity contribution in [2.75, 3.05) is 0 Å². The fraction of sp³-hybridized carbons (Fsp3) is 0. The number of hydrogen-bond acceptors (Lipinski definition) is 0. The third-order valence-corrected chi connectivity index (χ3v) is 35.5. The smallest absolute Gasteiger partial charge is 0.418 e. The first-order valence-corrected chi connectivity index (χ1v) is 49.6. The Hall–Kier alpha value is -7.45. The Morgan fingerprint density at radius 3 is 0.183 bits per heavy atom. The van der Waals surface area contributed by atoms with Crippen LogP contribution in [0.2, 0.25) is 0 Å². The molecule has 18 aromatic carbocycles. The molecule has 0 aromatic heterocycles. The first kappa shape index (κ1) is 116. The van der Waals surface area contributed by atoms with Crippen LogP contribution in [0.1, 0.15) is 0 Å².